The van der Waals surface area contributed by atoms with Crippen molar-refractivity contribution >= 4 is 0 Å². The molecule has 7 rings (SSSR count). The Kier molecular flexibility index (Phi) is 7.60. The van der Waals surface area contributed by atoms with Crippen LogP contribution < -0.4 is 0 Å². The number of hydrogen-bond acceptors (Lipinski definition) is 7. The smallest absolute Gasteiger partial charge is 0.170 e. The molecule has 2 saturated heterocycles. The van der Waals surface area contributed by atoms with Crippen LogP contribution in [0.5, 0.6) is 0 Å². The molecule has 2 spiro atoms. The van der Waals surface area contributed by atoms with Gasteiger partial charge in [-0.2, -0.15) is 0 Å². The number of rotatable bonds is 6. The Bertz CT molecular complexity index is 1110. The fourth-order valence-corrected chi connectivity index (χ4v) is 12.7. The maximum atomic E-state index is 12.3. The average molecular weight is 615 g/mol. The normalized spacial score (nSPS) is 50.2. The Balaban J connectivity index is 1.13. The zero-order valence-corrected chi connectivity index (χ0v) is 28.7. The number of aliphatic hydroxyl groups excluding tert-OH is 2. The van der Waals surface area contributed by atoms with E-state index in [9.17, 15) is 15.3 Å². The van der Waals surface area contributed by atoms with E-state index < -0.39 is 17.8 Å². The zero-order valence-electron chi connectivity index (χ0n) is 28.7. The van der Waals surface area contributed by atoms with Gasteiger partial charge in [-0.3, -0.25) is 4.90 Å². The molecule has 44 heavy (non-hydrogen) atoms. The van der Waals surface area contributed by atoms with E-state index in [-0.39, 0.29) is 45.9 Å². The average Bonchev–Trinajstić information content (AvgIpc) is 3.59. The van der Waals surface area contributed by atoms with Gasteiger partial charge in [0.1, 0.15) is 18.3 Å². The van der Waals surface area contributed by atoms with Gasteiger partial charge in [0.2, 0.25) is 0 Å². The number of hydrogen-bond donors (Lipinski definition) is 3. The molecule has 1 unspecified atom stereocenters. The molecule has 5 aliphatic carbocycles. The lowest BCUT2D eigenvalue weighted by Gasteiger charge is -2.63. The van der Waals surface area contributed by atoms with Gasteiger partial charge in [0.25, 0.3) is 0 Å². The largest absolute Gasteiger partial charge is 0.389 e. The number of nitrogens with zero attached hydrogens (tertiary/aromatic N) is 1. The Morgan fingerprint density at radius 3 is 2.57 bits per heavy atom. The molecule has 3 radical (unpaired) electrons. The summed E-state index contributed by atoms with van der Waals surface area (Å²) in [5.74, 6) is 2.59. The van der Waals surface area contributed by atoms with Crippen LogP contribution in [-0.4, -0.2) is 76.7 Å². The maximum Gasteiger partial charge on any atom is 0.170 e. The lowest BCUT2D eigenvalue weighted by atomic mass is 9.41. The first-order valence-electron chi connectivity index (χ1n) is 17.9. The van der Waals surface area contributed by atoms with Crippen LogP contribution in [-0.2, 0) is 14.2 Å². The van der Waals surface area contributed by atoms with Crippen molar-refractivity contribution in [2.24, 2.45) is 44.8 Å². The molecule has 0 aromatic rings. The Morgan fingerprint density at radius 1 is 1.11 bits per heavy atom. The van der Waals surface area contributed by atoms with Gasteiger partial charge in [-0.05, 0) is 118 Å². The topological polar surface area (TPSA) is 91.6 Å². The molecule has 2 aliphatic heterocycles. The molecule has 7 heteroatoms. The third kappa shape index (κ3) is 4.18. The highest BCUT2D eigenvalue weighted by molar-refractivity contribution is 5.45. The molecule has 249 valence electrons. The summed E-state index contributed by atoms with van der Waals surface area (Å²) >= 11 is 0. The van der Waals surface area contributed by atoms with E-state index in [2.05, 4.69) is 46.4 Å². The summed E-state index contributed by atoms with van der Waals surface area (Å²) < 4.78 is 19.5. The molecule has 7 fully saturated rings. The zero-order chi connectivity index (χ0) is 31.7. The second-order valence-electron chi connectivity index (χ2n) is 17.8. The monoisotopic (exact) mass is 614 g/mol. The molecule has 0 aromatic carbocycles. The van der Waals surface area contributed by atoms with Crippen LogP contribution in [0.3, 0.4) is 0 Å². The third-order valence-electron chi connectivity index (χ3n) is 14.9. The van der Waals surface area contributed by atoms with Crippen molar-refractivity contribution < 1.29 is 29.5 Å². The SMILES string of the molecule is CCCN1CCO[C@@H](OC2CC[C@]34C[C@]35CC[C@]3(C)[C@@H]6[C](O[C]([C@H](O)C(C)(C)O)C[C@H]6C)[C@H](O)[C@@]3(C)[C]5CC[C@H]4C2(C)C)C1. The van der Waals surface area contributed by atoms with Crippen LogP contribution in [0.4, 0.5) is 0 Å². The summed E-state index contributed by atoms with van der Waals surface area (Å²) in [7, 11) is 0. The fourth-order valence-electron chi connectivity index (χ4n) is 12.7. The van der Waals surface area contributed by atoms with Gasteiger partial charge in [-0.25, -0.2) is 0 Å². The van der Waals surface area contributed by atoms with Gasteiger partial charge in [0.15, 0.2) is 6.29 Å². The number of aliphatic hydroxyl groups is 3. The van der Waals surface area contributed by atoms with E-state index in [0.29, 0.717) is 23.9 Å². The number of ether oxygens (including phenoxy) is 3. The van der Waals surface area contributed by atoms with Crippen molar-refractivity contribution in [3.05, 3.63) is 18.1 Å². The van der Waals surface area contributed by atoms with Crippen molar-refractivity contribution in [3.63, 3.8) is 0 Å². The molecular weight excluding hydrogens is 554 g/mol. The van der Waals surface area contributed by atoms with Gasteiger partial charge in [-0.15, -0.1) is 0 Å². The minimum Gasteiger partial charge on any atom is -0.389 e. The van der Waals surface area contributed by atoms with Crippen LogP contribution in [0.2, 0.25) is 0 Å². The molecule has 7 aliphatic rings. The van der Waals surface area contributed by atoms with Crippen molar-refractivity contribution in [2.75, 3.05) is 26.2 Å². The molecule has 0 aromatic heterocycles. The Hall–Kier alpha value is -0.280. The minimum atomic E-state index is -1.29. The Morgan fingerprint density at radius 2 is 1.86 bits per heavy atom. The van der Waals surface area contributed by atoms with E-state index >= 15 is 0 Å². The number of morpholine rings is 1. The summed E-state index contributed by atoms with van der Waals surface area (Å²) in [4.78, 5) is 2.49. The lowest BCUT2D eigenvalue weighted by molar-refractivity contribution is -0.243. The van der Waals surface area contributed by atoms with Crippen molar-refractivity contribution in [3.8, 4) is 0 Å². The van der Waals surface area contributed by atoms with E-state index in [1.807, 2.05) is 0 Å². The lowest BCUT2D eigenvalue weighted by Crippen LogP contribution is -2.59. The molecule has 5 saturated carbocycles. The molecule has 2 heterocycles. The van der Waals surface area contributed by atoms with E-state index in [1.165, 1.54) is 19.3 Å². The van der Waals surface area contributed by atoms with Crippen LogP contribution >= 0.6 is 0 Å². The predicted molar refractivity (Wildman–Crippen MR) is 168 cm³/mol. The summed E-state index contributed by atoms with van der Waals surface area (Å²) in [6.45, 7) is 21.2. The quantitative estimate of drug-likeness (QED) is 0.355. The minimum absolute atomic E-state index is 0.0665. The van der Waals surface area contributed by atoms with E-state index in [0.717, 1.165) is 64.4 Å². The summed E-state index contributed by atoms with van der Waals surface area (Å²) in [6, 6.07) is 0. The molecule has 0 amide bonds. The highest BCUT2D eigenvalue weighted by atomic mass is 16.7. The summed E-state index contributed by atoms with van der Waals surface area (Å²) in [6.07, 6.45) is 9.36. The highest BCUT2D eigenvalue weighted by Crippen LogP contribution is 2.90. The second kappa shape index (κ2) is 10.4. The molecule has 3 N–H and O–H groups in total. The molecular formula is C37H60NO6. The molecule has 0 bridgehead atoms. The van der Waals surface area contributed by atoms with Crippen LogP contribution in [0.1, 0.15) is 113 Å². The Labute approximate surface area is 266 Å². The van der Waals surface area contributed by atoms with Gasteiger partial charge in [-0.1, -0.05) is 41.5 Å². The fraction of sp³-hybridized carbons (Fsp3) is 0.919. The van der Waals surface area contributed by atoms with E-state index in [4.69, 9.17) is 14.2 Å². The van der Waals surface area contributed by atoms with Crippen molar-refractivity contribution in [1.82, 2.24) is 4.90 Å². The first-order valence-corrected chi connectivity index (χ1v) is 17.9. The van der Waals surface area contributed by atoms with Gasteiger partial charge in [0, 0.05) is 24.4 Å². The standard InChI is InChI=1S/C37H60NO6/c1-9-16-38-17-18-42-27(20-38)44-26-12-13-36-21-37(36)15-14-34(7)28-22(2)19-23(30(39)33(5,6)41)43-29(28)31(40)35(34,8)25(37)11-10-24(36)32(26,3)4/h22,24,26-28,30-31,39-41H,9-21H2,1-8H3/t22-,24+,26?,27+,28+,30+,31+,34-,35-,36-,37+/m1/s1. The van der Waals surface area contributed by atoms with Crippen LogP contribution in [0.25, 0.3) is 0 Å². The summed E-state index contributed by atoms with van der Waals surface area (Å²) in [5, 5.41) is 33.9. The second-order valence-corrected chi connectivity index (χ2v) is 17.8. The van der Waals surface area contributed by atoms with Gasteiger partial charge >= 0.3 is 0 Å². The van der Waals surface area contributed by atoms with Crippen molar-refractivity contribution in [1.29, 1.82) is 0 Å². The summed E-state index contributed by atoms with van der Waals surface area (Å²) in [5.41, 5.74) is -1.19. The number of fused-ring (bicyclic) bond motifs is 4. The third-order valence-corrected chi connectivity index (χ3v) is 14.9. The predicted octanol–water partition coefficient (Wildman–Crippen LogP) is 5.67. The van der Waals surface area contributed by atoms with Crippen LogP contribution in [0.15, 0.2) is 0 Å². The maximum absolute atomic E-state index is 12.3. The van der Waals surface area contributed by atoms with Gasteiger partial charge in [0.05, 0.1) is 24.4 Å². The first-order chi connectivity index (χ1) is 20.6. The van der Waals surface area contributed by atoms with Crippen molar-refractivity contribution in [2.45, 2.75) is 143 Å². The van der Waals surface area contributed by atoms with Crippen LogP contribution in [0, 0.1) is 63.0 Å². The van der Waals surface area contributed by atoms with Gasteiger partial charge < -0.3 is 29.5 Å². The molecule has 7 nitrogen and oxygen atoms in total. The van der Waals surface area contributed by atoms with E-state index in [1.54, 1.807) is 19.8 Å². The first kappa shape index (κ1) is 32.3. The molecule has 11 atom stereocenters. The highest BCUT2D eigenvalue weighted by Gasteiger charge is 2.85.